The molecular formula is C17H19ClFNO. The summed E-state index contributed by atoms with van der Waals surface area (Å²) in [6.07, 6.45) is 1.54. The molecule has 0 spiro atoms. The Morgan fingerprint density at radius 2 is 1.81 bits per heavy atom. The second-order valence-corrected chi connectivity index (χ2v) is 5.49. The van der Waals surface area contributed by atoms with Crippen molar-refractivity contribution in [1.82, 2.24) is 0 Å². The molecule has 2 N–H and O–H groups in total. The predicted molar refractivity (Wildman–Crippen MR) is 84.2 cm³/mol. The Labute approximate surface area is 129 Å². The van der Waals surface area contributed by atoms with Gasteiger partial charge in [-0.25, -0.2) is 4.39 Å². The van der Waals surface area contributed by atoms with Crippen LogP contribution in [0.3, 0.4) is 0 Å². The molecule has 0 fully saturated rings. The van der Waals surface area contributed by atoms with Crippen LogP contribution in [0.25, 0.3) is 0 Å². The second-order valence-electron chi connectivity index (χ2n) is 5.05. The highest BCUT2D eigenvalue weighted by molar-refractivity contribution is 6.30. The topological polar surface area (TPSA) is 35.2 Å². The van der Waals surface area contributed by atoms with Gasteiger partial charge in [-0.1, -0.05) is 36.7 Å². The molecular weight excluding hydrogens is 289 g/mol. The number of benzene rings is 2. The van der Waals surface area contributed by atoms with E-state index >= 15 is 0 Å². The van der Waals surface area contributed by atoms with Gasteiger partial charge in [0.25, 0.3) is 0 Å². The Bertz CT molecular complexity index is 586. The third kappa shape index (κ3) is 4.73. The average Bonchev–Trinajstić information content (AvgIpc) is 2.48. The fraction of sp³-hybridized carbons (Fsp3) is 0.294. The molecule has 112 valence electrons. The minimum atomic E-state index is -0.357. The van der Waals surface area contributed by atoms with Crippen LogP contribution in [0.1, 0.15) is 24.5 Å². The average molecular weight is 308 g/mol. The number of nitrogens with two attached hydrogens (primary N) is 1. The third-order valence-corrected chi connectivity index (χ3v) is 3.58. The Morgan fingerprint density at radius 3 is 2.43 bits per heavy atom. The normalized spacial score (nSPS) is 12.2. The minimum absolute atomic E-state index is 0.0604. The molecule has 0 saturated carbocycles. The van der Waals surface area contributed by atoms with Crippen molar-refractivity contribution in [2.24, 2.45) is 5.73 Å². The summed E-state index contributed by atoms with van der Waals surface area (Å²) in [5, 5.41) is 0.668. The van der Waals surface area contributed by atoms with E-state index in [0.717, 1.165) is 17.5 Å². The summed E-state index contributed by atoms with van der Waals surface area (Å²) in [7, 11) is 0. The Balaban J connectivity index is 1.99. The number of hydrogen-bond donors (Lipinski definition) is 1. The molecule has 1 unspecified atom stereocenters. The van der Waals surface area contributed by atoms with E-state index in [9.17, 15) is 4.39 Å². The monoisotopic (exact) mass is 307 g/mol. The third-order valence-electron chi connectivity index (χ3n) is 3.33. The Hall–Kier alpha value is -1.58. The molecule has 0 aliphatic heterocycles. The SMILES string of the molecule is CCC(N)Cc1ccc(OCc2ccc(Cl)cc2)c(F)c1. The van der Waals surface area contributed by atoms with E-state index in [1.54, 1.807) is 18.2 Å². The molecule has 2 rings (SSSR count). The van der Waals surface area contributed by atoms with Gasteiger partial charge in [-0.05, 0) is 48.2 Å². The molecule has 1 atom stereocenters. The quantitative estimate of drug-likeness (QED) is 0.861. The molecule has 0 bridgehead atoms. The zero-order chi connectivity index (χ0) is 15.2. The summed E-state index contributed by atoms with van der Waals surface area (Å²) in [6, 6.07) is 12.3. The molecule has 0 aliphatic rings. The Kier molecular flexibility index (Phi) is 5.59. The first-order valence-corrected chi connectivity index (χ1v) is 7.37. The van der Waals surface area contributed by atoms with Gasteiger partial charge in [-0.3, -0.25) is 0 Å². The molecule has 2 aromatic carbocycles. The zero-order valence-corrected chi connectivity index (χ0v) is 12.7. The number of halogens is 2. The maximum Gasteiger partial charge on any atom is 0.165 e. The molecule has 2 nitrogen and oxygen atoms in total. The van der Waals surface area contributed by atoms with E-state index in [1.807, 2.05) is 25.1 Å². The van der Waals surface area contributed by atoms with Crippen LogP contribution in [0.15, 0.2) is 42.5 Å². The van der Waals surface area contributed by atoms with E-state index < -0.39 is 0 Å². The first-order chi connectivity index (χ1) is 10.1. The Morgan fingerprint density at radius 1 is 1.14 bits per heavy atom. The predicted octanol–water partition coefficient (Wildman–Crippen LogP) is 4.34. The second kappa shape index (κ2) is 7.43. The summed E-state index contributed by atoms with van der Waals surface area (Å²) in [6.45, 7) is 2.33. The fourth-order valence-electron chi connectivity index (χ4n) is 1.98. The van der Waals surface area contributed by atoms with E-state index in [-0.39, 0.29) is 17.6 Å². The van der Waals surface area contributed by atoms with Gasteiger partial charge in [0, 0.05) is 11.1 Å². The van der Waals surface area contributed by atoms with Gasteiger partial charge in [-0.2, -0.15) is 0 Å². The maximum absolute atomic E-state index is 14.0. The molecule has 0 saturated heterocycles. The molecule has 0 aromatic heterocycles. The van der Waals surface area contributed by atoms with E-state index in [1.165, 1.54) is 6.07 Å². The molecule has 4 heteroatoms. The summed E-state index contributed by atoms with van der Waals surface area (Å²) in [5.41, 5.74) is 7.71. The molecule has 2 aromatic rings. The van der Waals surface area contributed by atoms with Gasteiger partial charge in [-0.15, -0.1) is 0 Å². The smallest absolute Gasteiger partial charge is 0.165 e. The van der Waals surface area contributed by atoms with Crippen molar-refractivity contribution in [2.45, 2.75) is 32.4 Å². The van der Waals surface area contributed by atoms with Crippen LogP contribution in [0, 0.1) is 5.82 Å². The lowest BCUT2D eigenvalue weighted by atomic mass is 10.0. The summed E-state index contributed by atoms with van der Waals surface area (Å²) >= 11 is 5.81. The molecule has 21 heavy (non-hydrogen) atoms. The van der Waals surface area contributed by atoms with E-state index in [4.69, 9.17) is 22.1 Å². The van der Waals surface area contributed by atoms with Crippen molar-refractivity contribution in [1.29, 1.82) is 0 Å². The van der Waals surface area contributed by atoms with Crippen LogP contribution in [-0.4, -0.2) is 6.04 Å². The van der Waals surface area contributed by atoms with Crippen LogP contribution >= 0.6 is 11.6 Å². The fourth-order valence-corrected chi connectivity index (χ4v) is 2.10. The van der Waals surface area contributed by atoms with Gasteiger partial charge < -0.3 is 10.5 Å². The summed E-state index contributed by atoms with van der Waals surface area (Å²) in [4.78, 5) is 0. The lowest BCUT2D eigenvalue weighted by molar-refractivity contribution is 0.290. The van der Waals surface area contributed by atoms with Crippen LogP contribution in [0.5, 0.6) is 5.75 Å². The first-order valence-electron chi connectivity index (χ1n) is 6.99. The van der Waals surface area contributed by atoms with Crippen LogP contribution in [0.2, 0.25) is 5.02 Å². The van der Waals surface area contributed by atoms with Crippen LogP contribution in [-0.2, 0) is 13.0 Å². The van der Waals surface area contributed by atoms with Crippen molar-refractivity contribution in [3.63, 3.8) is 0 Å². The highest BCUT2D eigenvalue weighted by atomic mass is 35.5. The van der Waals surface area contributed by atoms with Crippen molar-refractivity contribution in [3.8, 4) is 5.75 Å². The largest absolute Gasteiger partial charge is 0.486 e. The van der Waals surface area contributed by atoms with Gasteiger partial charge in [0.05, 0.1) is 0 Å². The molecule has 0 heterocycles. The van der Waals surface area contributed by atoms with Crippen molar-refractivity contribution in [3.05, 3.63) is 64.4 Å². The molecule has 0 amide bonds. The zero-order valence-electron chi connectivity index (χ0n) is 12.0. The first kappa shape index (κ1) is 15.8. The van der Waals surface area contributed by atoms with E-state index in [2.05, 4.69) is 0 Å². The standard InChI is InChI=1S/C17H19ClFNO/c1-2-15(20)9-13-5-8-17(16(19)10-13)21-11-12-3-6-14(18)7-4-12/h3-8,10,15H,2,9,11,20H2,1H3. The van der Waals surface area contributed by atoms with Crippen molar-refractivity contribution >= 4 is 11.6 Å². The van der Waals surface area contributed by atoms with Gasteiger partial charge in [0.2, 0.25) is 0 Å². The lowest BCUT2D eigenvalue weighted by Gasteiger charge is -2.11. The van der Waals surface area contributed by atoms with Crippen LogP contribution < -0.4 is 10.5 Å². The number of rotatable bonds is 6. The highest BCUT2D eigenvalue weighted by Gasteiger charge is 2.07. The number of hydrogen-bond acceptors (Lipinski definition) is 2. The van der Waals surface area contributed by atoms with Crippen molar-refractivity contribution in [2.75, 3.05) is 0 Å². The van der Waals surface area contributed by atoms with Crippen LogP contribution in [0.4, 0.5) is 4.39 Å². The minimum Gasteiger partial charge on any atom is -0.486 e. The summed E-state index contributed by atoms with van der Waals surface area (Å²) in [5.74, 6) is -0.108. The maximum atomic E-state index is 14.0. The number of ether oxygens (including phenoxy) is 1. The highest BCUT2D eigenvalue weighted by Crippen LogP contribution is 2.21. The van der Waals surface area contributed by atoms with E-state index in [0.29, 0.717) is 18.1 Å². The van der Waals surface area contributed by atoms with Crippen molar-refractivity contribution < 1.29 is 9.13 Å². The van der Waals surface area contributed by atoms with Gasteiger partial charge in [0.1, 0.15) is 6.61 Å². The summed E-state index contributed by atoms with van der Waals surface area (Å²) < 4.78 is 19.5. The lowest BCUT2D eigenvalue weighted by Crippen LogP contribution is -2.21. The molecule has 0 radical (unpaired) electrons. The van der Waals surface area contributed by atoms with Gasteiger partial charge in [0.15, 0.2) is 11.6 Å². The molecule has 0 aliphatic carbocycles. The van der Waals surface area contributed by atoms with Gasteiger partial charge >= 0.3 is 0 Å².